The van der Waals surface area contributed by atoms with Gasteiger partial charge in [0.2, 0.25) is 0 Å². The molecule has 0 saturated heterocycles. The minimum Gasteiger partial charge on any atom is -0.241 e. The quantitative estimate of drug-likeness (QED) is 0.652. The van der Waals surface area contributed by atoms with Crippen LogP contribution in [0, 0.1) is 6.92 Å². The lowest BCUT2D eigenvalue weighted by Crippen LogP contribution is -2.19. The standard InChI is InChI=1S/C11H8ClNS/c1-6-13-11-9-3-2-8(12)4-7(9)5-10(11)14-6/h2,4-5H,3H2,1H3. The Labute approximate surface area is 90.7 Å². The van der Waals surface area contributed by atoms with Gasteiger partial charge in [-0.05, 0) is 36.6 Å². The Morgan fingerprint density at radius 2 is 2.29 bits per heavy atom. The van der Waals surface area contributed by atoms with Crippen molar-refractivity contribution < 1.29 is 0 Å². The Morgan fingerprint density at radius 3 is 3.14 bits per heavy atom. The molecule has 2 aliphatic carbocycles. The summed E-state index contributed by atoms with van der Waals surface area (Å²) in [7, 11) is 0. The first-order valence-corrected chi connectivity index (χ1v) is 5.69. The largest absolute Gasteiger partial charge is 0.241 e. The van der Waals surface area contributed by atoms with Crippen LogP contribution >= 0.6 is 22.9 Å². The van der Waals surface area contributed by atoms with Crippen LogP contribution in [0.25, 0.3) is 11.6 Å². The van der Waals surface area contributed by atoms with Crippen LogP contribution in [0.1, 0.15) is 11.4 Å². The molecular weight excluding hydrogens is 214 g/mol. The smallest absolute Gasteiger partial charge is 0.0907 e. The van der Waals surface area contributed by atoms with Gasteiger partial charge in [0, 0.05) is 5.03 Å². The van der Waals surface area contributed by atoms with Gasteiger partial charge < -0.3 is 0 Å². The van der Waals surface area contributed by atoms with Crippen molar-refractivity contribution in [2.24, 2.45) is 0 Å². The summed E-state index contributed by atoms with van der Waals surface area (Å²) in [6, 6.07) is 0. The van der Waals surface area contributed by atoms with Crippen molar-refractivity contribution in [3.63, 3.8) is 0 Å². The third-order valence-corrected chi connectivity index (χ3v) is 3.66. The van der Waals surface area contributed by atoms with Gasteiger partial charge in [-0.1, -0.05) is 17.7 Å². The zero-order valence-electron chi connectivity index (χ0n) is 7.67. The second-order valence-corrected chi connectivity index (χ2v) is 5.13. The van der Waals surface area contributed by atoms with E-state index in [1.54, 1.807) is 11.3 Å². The van der Waals surface area contributed by atoms with Crippen LogP contribution in [-0.4, -0.2) is 4.98 Å². The summed E-state index contributed by atoms with van der Waals surface area (Å²) < 4.78 is 1.28. The molecule has 3 rings (SSSR count). The van der Waals surface area contributed by atoms with Crippen LogP contribution in [-0.2, 0) is 0 Å². The number of fused-ring (bicyclic) bond motifs is 2. The minimum atomic E-state index is 0.840. The van der Waals surface area contributed by atoms with Crippen molar-refractivity contribution in [1.29, 1.82) is 0 Å². The topological polar surface area (TPSA) is 12.9 Å². The highest BCUT2D eigenvalue weighted by Crippen LogP contribution is 2.27. The number of halogens is 1. The molecule has 0 fully saturated rings. The Morgan fingerprint density at radius 1 is 1.43 bits per heavy atom. The highest BCUT2D eigenvalue weighted by atomic mass is 35.5. The average molecular weight is 222 g/mol. The molecule has 70 valence electrons. The third kappa shape index (κ3) is 1.11. The molecule has 14 heavy (non-hydrogen) atoms. The van der Waals surface area contributed by atoms with E-state index in [-0.39, 0.29) is 0 Å². The lowest BCUT2D eigenvalue weighted by atomic mass is 10.0. The maximum Gasteiger partial charge on any atom is 0.0907 e. The normalized spacial score (nSPS) is 18.3. The second kappa shape index (κ2) is 2.81. The van der Waals surface area contributed by atoms with Crippen LogP contribution in [0.4, 0.5) is 0 Å². The van der Waals surface area contributed by atoms with Gasteiger partial charge in [0.25, 0.3) is 0 Å². The Kier molecular flexibility index (Phi) is 1.70. The summed E-state index contributed by atoms with van der Waals surface area (Å²) in [5, 5.41) is 3.14. The molecule has 0 N–H and O–H groups in total. The van der Waals surface area contributed by atoms with Gasteiger partial charge in [-0.2, -0.15) is 0 Å². The maximum atomic E-state index is 5.96. The molecule has 0 atom stereocenters. The van der Waals surface area contributed by atoms with E-state index < -0.39 is 0 Å². The number of aromatic nitrogens is 1. The van der Waals surface area contributed by atoms with E-state index in [0.29, 0.717) is 0 Å². The Balaban J connectivity index is 2.34. The molecule has 1 nitrogen and oxygen atoms in total. The Bertz CT molecular complexity index is 589. The molecule has 0 radical (unpaired) electrons. The molecule has 0 aromatic carbocycles. The summed E-state index contributed by atoms with van der Waals surface area (Å²) in [5.41, 5.74) is 2.57. The van der Waals surface area contributed by atoms with E-state index in [4.69, 9.17) is 11.6 Å². The summed E-state index contributed by atoms with van der Waals surface area (Å²) in [4.78, 5) is 4.54. The predicted molar refractivity (Wildman–Crippen MR) is 60.6 cm³/mol. The van der Waals surface area contributed by atoms with Gasteiger partial charge in [-0.15, -0.1) is 11.3 Å². The lowest BCUT2D eigenvalue weighted by Gasteiger charge is -2.07. The number of rotatable bonds is 0. The maximum absolute atomic E-state index is 5.96. The zero-order chi connectivity index (χ0) is 9.71. The fourth-order valence-electron chi connectivity index (χ4n) is 1.87. The number of aryl methyl sites for hydroxylation is 1. The van der Waals surface area contributed by atoms with Crippen LogP contribution in [0.3, 0.4) is 0 Å². The highest BCUT2D eigenvalue weighted by molar-refractivity contribution is 7.09. The molecule has 0 saturated carbocycles. The molecule has 1 heterocycles. The van der Waals surface area contributed by atoms with E-state index in [1.165, 1.54) is 21.0 Å². The monoisotopic (exact) mass is 221 g/mol. The number of hydrogen-bond donors (Lipinski definition) is 0. The van der Waals surface area contributed by atoms with Crippen molar-refractivity contribution in [1.82, 2.24) is 4.98 Å². The van der Waals surface area contributed by atoms with E-state index in [1.807, 2.05) is 19.1 Å². The molecule has 1 aromatic rings. The fourth-order valence-corrected chi connectivity index (χ4v) is 2.97. The Hall–Kier alpha value is -0.860. The molecule has 0 aliphatic heterocycles. The summed E-state index contributed by atoms with van der Waals surface area (Å²) in [6.45, 7) is 2.05. The van der Waals surface area contributed by atoms with Crippen LogP contribution in [0.15, 0.2) is 22.8 Å². The predicted octanol–water partition coefficient (Wildman–Crippen LogP) is 1.85. The third-order valence-electron chi connectivity index (χ3n) is 2.48. The van der Waals surface area contributed by atoms with Crippen molar-refractivity contribution in [2.75, 3.05) is 0 Å². The van der Waals surface area contributed by atoms with Crippen molar-refractivity contribution in [2.45, 2.75) is 13.3 Å². The second-order valence-electron chi connectivity index (χ2n) is 3.46. The number of hydrogen-bond acceptors (Lipinski definition) is 2. The molecular formula is C11H8ClNS. The zero-order valence-corrected chi connectivity index (χ0v) is 9.25. The van der Waals surface area contributed by atoms with Crippen LogP contribution < -0.4 is 9.88 Å². The first kappa shape index (κ1) is 8.45. The summed E-state index contributed by atoms with van der Waals surface area (Å²) >= 11 is 7.71. The van der Waals surface area contributed by atoms with Gasteiger partial charge >= 0.3 is 0 Å². The van der Waals surface area contributed by atoms with Gasteiger partial charge in [-0.3, -0.25) is 0 Å². The van der Waals surface area contributed by atoms with Gasteiger partial charge in [0.1, 0.15) is 0 Å². The molecule has 3 heteroatoms. The number of thiazole rings is 1. The van der Waals surface area contributed by atoms with Crippen LogP contribution in [0.2, 0.25) is 0 Å². The van der Waals surface area contributed by atoms with E-state index in [0.717, 1.165) is 16.5 Å². The first-order chi connectivity index (χ1) is 6.74. The average Bonchev–Trinajstić information content (AvgIpc) is 2.59. The van der Waals surface area contributed by atoms with Gasteiger partial charge in [-0.25, -0.2) is 4.98 Å². The van der Waals surface area contributed by atoms with E-state index in [2.05, 4.69) is 11.1 Å². The van der Waals surface area contributed by atoms with E-state index >= 15 is 0 Å². The molecule has 1 aromatic heterocycles. The molecule has 0 unspecified atom stereocenters. The number of allylic oxidation sites excluding steroid dienone is 4. The minimum absolute atomic E-state index is 0.840. The van der Waals surface area contributed by atoms with Gasteiger partial charge in [0.15, 0.2) is 0 Å². The molecule has 0 spiro atoms. The van der Waals surface area contributed by atoms with E-state index in [9.17, 15) is 0 Å². The molecule has 0 bridgehead atoms. The highest BCUT2D eigenvalue weighted by Gasteiger charge is 2.16. The molecule has 0 amide bonds. The van der Waals surface area contributed by atoms with Crippen molar-refractivity contribution in [3.05, 3.63) is 37.6 Å². The van der Waals surface area contributed by atoms with Crippen molar-refractivity contribution >= 4 is 34.6 Å². The number of nitrogens with zero attached hydrogens (tertiary/aromatic N) is 1. The molecule has 2 aliphatic rings. The first-order valence-electron chi connectivity index (χ1n) is 4.50. The SMILES string of the molecule is Cc1nc2c(s1)=CC1=CC(Cl)=CCC=21. The van der Waals surface area contributed by atoms with Crippen molar-refractivity contribution in [3.8, 4) is 0 Å². The van der Waals surface area contributed by atoms with Gasteiger partial charge in [0.05, 0.1) is 14.9 Å². The fraction of sp³-hybridized carbons (Fsp3) is 0.182. The lowest BCUT2D eigenvalue weighted by molar-refractivity contribution is 1.20. The van der Waals surface area contributed by atoms with Crippen LogP contribution in [0.5, 0.6) is 0 Å². The summed E-state index contributed by atoms with van der Waals surface area (Å²) in [5.74, 6) is 0. The summed E-state index contributed by atoms with van der Waals surface area (Å²) in [6.07, 6.45) is 7.16.